The summed E-state index contributed by atoms with van der Waals surface area (Å²) in [5, 5.41) is 2.72. The van der Waals surface area contributed by atoms with Crippen LogP contribution in [0.2, 0.25) is 0 Å². The van der Waals surface area contributed by atoms with E-state index < -0.39 is 17.3 Å². The van der Waals surface area contributed by atoms with E-state index in [1.165, 1.54) is 14.2 Å². The van der Waals surface area contributed by atoms with Crippen molar-refractivity contribution in [3.05, 3.63) is 38.9 Å². The molecule has 9 heteroatoms. The fourth-order valence-electron chi connectivity index (χ4n) is 1.85. The minimum Gasteiger partial charge on any atom is -0.490 e. The maximum atomic E-state index is 12.2. The van der Waals surface area contributed by atoms with Gasteiger partial charge in [-0.3, -0.25) is 14.9 Å². The van der Waals surface area contributed by atoms with Crippen LogP contribution in [-0.2, 0) is 4.74 Å². The Kier molecular flexibility index (Phi) is 5.35. The number of hydrogen-bond acceptors (Lipinski definition) is 8. The second-order valence-electron chi connectivity index (χ2n) is 5.01. The van der Waals surface area contributed by atoms with Crippen LogP contribution in [0.5, 0.6) is 5.75 Å². The average molecular weight is 352 g/mol. The van der Waals surface area contributed by atoms with E-state index in [1.54, 1.807) is 0 Å². The molecule has 2 rings (SSSR count). The summed E-state index contributed by atoms with van der Waals surface area (Å²) >= 11 is 1.16. The highest BCUT2D eigenvalue weighted by Gasteiger charge is 2.22. The van der Waals surface area contributed by atoms with Gasteiger partial charge in [0.25, 0.3) is 5.91 Å². The van der Waals surface area contributed by atoms with Crippen LogP contribution in [0.3, 0.4) is 0 Å². The lowest BCUT2D eigenvalue weighted by atomic mass is 10.1. The lowest BCUT2D eigenvalue weighted by molar-refractivity contribution is 0.0593. The average Bonchev–Trinajstić information content (AvgIpc) is 2.98. The lowest BCUT2D eigenvalue weighted by Crippen LogP contribution is -2.15. The Hall–Kier alpha value is -2.68. The molecular weight excluding hydrogens is 336 g/mol. The standard InChI is InChI=1S/C15H16N2O6S/c1-7(2)12-11(14(20)22-4)16-15(24-12)17-13(19)9-5-8(18)10(21-3)6-23-9/h5-7H,1-4H3,(H,16,17,19). The van der Waals surface area contributed by atoms with Crippen LogP contribution in [0.4, 0.5) is 5.13 Å². The topological polar surface area (TPSA) is 108 Å². The fraction of sp³-hybridized carbons (Fsp3) is 0.333. The van der Waals surface area contributed by atoms with Gasteiger partial charge in [0.15, 0.2) is 16.6 Å². The normalized spacial score (nSPS) is 10.5. The zero-order valence-electron chi connectivity index (χ0n) is 13.5. The molecule has 128 valence electrons. The molecule has 0 saturated carbocycles. The number of nitrogens with zero attached hydrogens (tertiary/aromatic N) is 1. The summed E-state index contributed by atoms with van der Waals surface area (Å²) in [5.74, 6) is -1.40. The molecule has 0 fully saturated rings. The number of hydrogen-bond donors (Lipinski definition) is 1. The molecule has 0 bridgehead atoms. The van der Waals surface area contributed by atoms with Gasteiger partial charge < -0.3 is 13.9 Å². The number of nitrogens with one attached hydrogen (secondary N) is 1. The van der Waals surface area contributed by atoms with E-state index in [0.717, 1.165) is 23.7 Å². The minimum atomic E-state index is -0.657. The Morgan fingerprint density at radius 2 is 2.04 bits per heavy atom. The number of methoxy groups -OCH3 is 2. The summed E-state index contributed by atoms with van der Waals surface area (Å²) in [5.41, 5.74) is -0.324. The molecule has 0 aliphatic carbocycles. The zero-order valence-corrected chi connectivity index (χ0v) is 14.4. The number of rotatable bonds is 5. The van der Waals surface area contributed by atoms with E-state index in [1.807, 2.05) is 13.8 Å². The van der Waals surface area contributed by atoms with Crippen LogP contribution in [-0.4, -0.2) is 31.1 Å². The van der Waals surface area contributed by atoms with E-state index in [9.17, 15) is 14.4 Å². The van der Waals surface area contributed by atoms with Gasteiger partial charge in [-0.15, -0.1) is 11.3 Å². The molecule has 0 aromatic carbocycles. The second-order valence-corrected chi connectivity index (χ2v) is 6.04. The van der Waals surface area contributed by atoms with Crippen molar-refractivity contribution in [1.82, 2.24) is 4.98 Å². The molecule has 24 heavy (non-hydrogen) atoms. The zero-order chi connectivity index (χ0) is 17.9. The first-order valence-electron chi connectivity index (χ1n) is 6.94. The first kappa shape index (κ1) is 17.7. The van der Waals surface area contributed by atoms with Gasteiger partial charge in [-0.2, -0.15) is 0 Å². The van der Waals surface area contributed by atoms with Gasteiger partial charge >= 0.3 is 5.97 Å². The molecule has 0 aliphatic heterocycles. The smallest absolute Gasteiger partial charge is 0.357 e. The highest BCUT2D eigenvalue weighted by molar-refractivity contribution is 7.16. The van der Waals surface area contributed by atoms with E-state index >= 15 is 0 Å². The lowest BCUT2D eigenvalue weighted by Gasteiger charge is -2.02. The fourth-order valence-corrected chi connectivity index (χ4v) is 2.80. The molecule has 2 aromatic heterocycles. The highest BCUT2D eigenvalue weighted by atomic mass is 32.1. The van der Waals surface area contributed by atoms with Crippen molar-refractivity contribution in [1.29, 1.82) is 0 Å². The van der Waals surface area contributed by atoms with Gasteiger partial charge in [0.05, 0.1) is 14.2 Å². The molecule has 0 unspecified atom stereocenters. The molecule has 8 nitrogen and oxygen atoms in total. The van der Waals surface area contributed by atoms with Crippen molar-refractivity contribution in [3.8, 4) is 5.75 Å². The van der Waals surface area contributed by atoms with Crippen molar-refractivity contribution < 1.29 is 23.5 Å². The Labute approximate surface area is 141 Å². The van der Waals surface area contributed by atoms with Gasteiger partial charge in [-0.1, -0.05) is 13.8 Å². The Balaban J connectivity index is 2.27. The summed E-state index contributed by atoms with van der Waals surface area (Å²) in [6.07, 6.45) is 1.05. The summed E-state index contributed by atoms with van der Waals surface area (Å²) in [7, 11) is 2.58. The number of anilines is 1. The maximum Gasteiger partial charge on any atom is 0.357 e. The largest absolute Gasteiger partial charge is 0.490 e. The molecule has 0 atom stereocenters. The van der Waals surface area contributed by atoms with E-state index in [2.05, 4.69) is 10.3 Å². The van der Waals surface area contributed by atoms with Gasteiger partial charge in [-0.05, 0) is 5.92 Å². The number of esters is 1. The van der Waals surface area contributed by atoms with E-state index in [-0.39, 0.29) is 28.3 Å². The van der Waals surface area contributed by atoms with E-state index in [4.69, 9.17) is 13.9 Å². The highest BCUT2D eigenvalue weighted by Crippen LogP contribution is 2.30. The van der Waals surface area contributed by atoms with Crippen molar-refractivity contribution in [2.75, 3.05) is 19.5 Å². The third-order valence-corrected chi connectivity index (χ3v) is 4.29. The quantitative estimate of drug-likeness (QED) is 0.822. The van der Waals surface area contributed by atoms with Crippen molar-refractivity contribution in [2.24, 2.45) is 0 Å². The van der Waals surface area contributed by atoms with E-state index in [0.29, 0.717) is 4.88 Å². The van der Waals surface area contributed by atoms with Crippen LogP contribution in [0, 0.1) is 0 Å². The van der Waals surface area contributed by atoms with Crippen LogP contribution >= 0.6 is 11.3 Å². The molecular formula is C15H16N2O6S. The SMILES string of the molecule is COC(=O)c1nc(NC(=O)c2cc(=O)c(OC)co2)sc1C(C)C. The predicted molar refractivity (Wildman–Crippen MR) is 87.0 cm³/mol. The van der Waals surface area contributed by atoms with Gasteiger partial charge in [0.2, 0.25) is 11.2 Å². The second kappa shape index (κ2) is 7.26. The van der Waals surface area contributed by atoms with Gasteiger partial charge in [0.1, 0.15) is 6.26 Å². The molecule has 0 radical (unpaired) electrons. The number of carbonyl (C=O) groups excluding carboxylic acids is 2. The van der Waals surface area contributed by atoms with Crippen molar-refractivity contribution in [3.63, 3.8) is 0 Å². The molecule has 1 amide bonds. The van der Waals surface area contributed by atoms with Gasteiger partial charge in [-0.25, -0.2) is 9.78 Å². The number of thiazole rings is 1. The van der Waals surface area contributed by atoms with Crippen LogP contribution in [0.25, 0.3) is 0 Å². The molecule has 0 aliphatic rings. The summed E-state index contributed by atoms with van der Waals surface area (Å²) in [6.45, 7) is 3.79. The molecule has 0 saturated heterocycles. The first-order chi connectivity index (χ1) is 11.4. The third-order valence-electron chi connectivity index (χ3n) is 3.02. The molecule has 1 N–H and O–H groups in total. The van der Waals surface area contributed by atoms with Crippen LogP contribution in [0.15, 0.2) is 21.5 Å². The number of aromatic nitrogens is 1. The Morgan fingerprint density at radius 1 is 1.33 bits per heavy atom. The van der Waals surface area contributed by atoms with Crippen LogP contribution in [0.1, 0.15) is 45.7 Å². The van der Waals surface area contributed by atoms with Crippen molar-refractivity contribution >= 4 is 28.3 Å². The Bertz CT molecular complexity index is 824. The first-order valence-corrected chi connectivity index (χ1v) is 7.76. The Morgan fingerprint density at radius 3 is 2.58 bits per heavy atom. The summed E-state index contributed by atoms with van der Waals surface area (Å²) < 4.78 is 14.5. The number of amides is 1. The third kappa shape index (κ3) is 3.62. The monoisotopic (exact) mass is 352 g/mol. The molecule has 2 heterocycles. The van der Waals surface area contributed by atoms with Crippen molar-refractivity contribution in [2.45, 2.75) is 19.8 Å². The maximum absolute atomic E-state index is 12.2. The van der Waals surface area contributed by atoms with Gasteiger partial charge in [0, 0.05) is 10.9 Å². The molecule has 0 spiro atoms. The summed E-state index contributed by atoms with van der Waals surface area (Å²) in [4.78, 5) is 40.4. The predicted octanol–water partition coefficient (Wildman–Crippen LogP) is 2.27. The van der Waals surface area contributed by atoms with Crippen LogP contribution < -0.4 is 15.5 Å². The number of ether oxygens (including phenoxy) is 2. The summed E-state index contributed by atoms with van der Waals surface area (Å²) in [6, 6.07) is 1.02. The minimum absolute atomic E-state index is 0.00382. The number of carbonyl (C=O) groups is 2. The molecule has 2 aromatic rings.